The number of benzene rings is 2. The number of amidine groups is 1. The van der Waals surface area contributed by atoms with Gasteiger partial charge in [-0.15, -0.1) is 4.40 Å². The van der Waals surface area contributed by atoms with Crippen LogP contribution in [0, 0.1) is 6.92 Å². The maximum atomic E-state index is 13.1. The minimum atomic E-state index is -3.48. The van der Waals surface area contributed by atoms with Gasteiger partial charge in [-0.05, 0) is 31.2 Å². The lowest BCUT2D eigenvalue weighted by Gasteiger charge is -2.26. The molecule has 9 nitrogen and oxygen atoms in total. The second-order valence-electron chi connectivity index (χ2n) is 8.19. The molecule has 0 bridgehead atoms. The number of fused-ring (bicyclic) bond motifs is 2. The predicted octanol–water partition coefficient (Wildman–Crippen LogP) is 2.47. The number of hydrogen-bond acceptors (Lipinski definition) is 6. The zero-order valence-electron chi connectivity index (χ0n) is 18.7. The van der Waals surface area contributed by atoms with E-state index in [1.54, 1.807) is 17.0 Å². The summed E-state index contributed by atoms with van der Waals surface area (Å²) in [5.41, 5.74) is 8.82. The van der Waals surface area contributed by atoms with Gasteiger partial charge in [-0.25, -0.2) is 13.4 Å². The Bertz CT molecular complexity index is 1560. The van der Waals surface area contributed by atoms with Gasteiger partial charge in [-0.1, -0.05) is 48.0 Å². The van der Waals surface area contributed by atoms with Gasteiger partial charge in [-0.2, -0.15) is 0 Å². The lowest BCUT2D eigenvalue weighted by Crippen LogP contribution is -2.43. The van der Waals surface area contributed by atoms with E-state index in [1.165, 1.54) is 18.4 Å². The first-order chi connectivity index (χ1) is 16.8. The van der Waals surface area contributed by atoms with Gasteiger partial charge in [0.25, 0.3) is 21.8 Å². The molecule has 35 heavy (non-hydrogen) atoms. The number of hydrogen-bond donors (Lipinski definition) is 2. The summed E-state index contributed by atoms with van der Waals surface area (Å²) in [6.45, 7) is 2.19. The third kappa shape index (κ3) is 4.69. The van der Waals surface area contributed by atoms with Crippen molar-refractivity contribution in [3.05, 3.63) is 89.6 Å². The van der Waals surface area contributed by atoms with E-state index < -0.39 is 21.8 Å². The Balaban J connectivity index is 1.36. The van der Waals surface area contributed by atoms with Crippen LogP contribution in [0.4, 0.5) is 0 Å². The van der Waals surface area contributed by atoms with E-state index in [9.17, 15) is 18.0 Å². The predicted molar refractivity (Wildman–Crippen MR) is 133 cm³/mol. The normalized spacial score (nSPS) is 16.2. The molecule has 2 aliphatic heterocycles. The van der Waals surface area contributed by atoms with Gasteiger partial charge < -0.3 is 4.90 Å². The summed E-state index contributed by atoms with van der Waals surface area (Å²) in [5.74, 6) is -0.912. The van der Waals surface area contributed by atoms with Crippen molar-refractivity contribution in [2.45, 2.75) is 6.92 Å². The summed E-state index contributed by atoms with van der Waals surface area (Å²) in [7, 11) is -3.48. The zero-order valence-corrected chi connectivity index (χ0v) is 19.5. The fourth-order valence-electron chi connectivity index (χ4n) is 3.82. The van der Waals surface area contributed by atoms with E-state index in [2.05, 4.69) is 15.2 Å². The molecule has 0 atom stereocenters. The molecule has 0 aliphatic carbocycles. The molecule has 3 aromatic rings. The number of nitrogens with zero attached hydrogens (tertiary/aromatic N) is 3. The number of pyridine rings is 1. The highest BCUT2D eigenvalue weighted by Crippen LogP contribution is 2.25. The Morgan fingerprint density at radius 2 is 1.71 bits per heavy atom. The minimum absolute atomic E-state index is 0.134. The third-order valence-electron chi connectivity index (χ3n) is 5.68. The van der Waals surface area contributed by atoms with Crippen molar-refractivity contribution in [2.24, 2.45) is 4.40 Å². The molecule has 1 aromatic heterocycles. The highest BCUT2D eigenvalue weighted by atomic mass is 32.2. The first-order valence-corrected chi connectivity index (χ1v) is 12.5. The van der Waals surface area contributed by atoms with Crippen molar-refractivity contribution < 1.29 is 18.0 Å². The second-order valence-corrected chi connectivity index (χ2v) is 9.95. The Kier molecular flexibility index (Phi) is 5.65. The van der Waals surface area contributed by atoms with Gasteiger partial charge in [0.2, 0.25) is 0 Å². The maximum absolute atomic E-state index is 13.1. The van der Waals surface area contributed by atoms with Gasteiger partial charge in [-0.3, -0.25) is 20.4 Å². The molecule has 10 heteroatoms. The number of carbonyl (C=O) groups is 2. The number of sulfonamides is 1. The molecule has 2 amide bonds. The summed E-state index contributed by atoms with van der Waals surface area (Å²) >= 11 is 0. The lowest BCUT2D eigenvalue weighted by atomic mass is 10.0. The number of para-hydroxylation sites is 1. The van der Waals surface area contributed by atoms with E-state index in [0.29, 0.717) is 22.2 Å². The molecule has 176 valence electrons. The smallest absolute Gasteiger partial charge is 0.271 e. The van der Waals surface area contributed by atoms with Crippen LogP contribution in [0.5, 0.6) is 0 Å². The van der Waals surface area contributed by atoms with Gasteiger partial charge in [0.15, 0.2) is 0 Å². The molecule has 0 fully saturated rings. The molecule has 2 N–H and O–H groups in total. The van der Waals surface area contributed by atoms with Gasteiger partial charge in [0.1, 0.15) is 5.84 Å². The Hall–Kier alpha value is -4.31. The van der Waals surface area contributed by atoms with Crippen molar-refractivity contribution in [3.8, 4) is 11.3 Å². The monoisotopic (exact) mass is 487 g/mol. The summed E-state index contributed by atoms with van der Waals surface area (Å²) in [4.78, 5) is 32.0. The summed E-state index contributed by atoms with van der Waals surface area (Å²) in [5, 5.41) is 0.655. The number of rotatable bonds is 3. The number of aryl methyl sites for hydroxylation is 1. The SMILES string of the molecule is Cc1ccc(-c2cc(C(=O)NNC(=O)C3=CN4CCS(=O)(=O)N=C4C=C3)c3ccccc3n2)cc1. The average molecular weight is 488 g/mol. The first-order valence-electron chi connectivity index (χ1n) is 10.9. The molecule has 0 spiro atoms. The van der Waals surface area contributed by atoms with Crippen LogP contribution in [0.25, 0.3) is 22.2 Å². The Morgan fingerprint density at radius 1 is 0.971 bits per heavy atom. The van der Waals surface area contributed by atoms with Crippen LogP contribution >= 0.6 is 0 Å². The van der Waals surface area contributed by atoms with E-state index >= 15 is 0 Å². The summed E-state index contributed by atoms with van der Waals surface area (Å²) in [6, 6.07) is 16.8. The third-order valence-corrected chi connectivity index (χ3v) is 6.85. The second kappa shape index (κ2) is 8.80. The number of amides is 2. The van der Waals surface area contributed by atoms with Gasteiger partial charge >= 0.3 is 0 Å². The highest BCUT2D eigenvalue weighted by molar-refractivity contribution is 7.90. The van der Waals surface area contributed by atoms with E-state index in [-0.39, 0.29) is 23.7 Å². The fourth-order valence-corrected chi connectivity index (χ4v) is 4.79. The average Bonchev–Trinajstić information content (AvgIpc) is 2.86. The molecule has 0 unspecified atom stereocenters. The van der Waals surface area contributed by atoms with Crippen molar-refractivity contribution in [3.63, 3.8) is 0 Å². The van der Waals surface area contributed by atoms with Crippen LogP contribution in [0.2, 0.25) is 0 Å². The molecule has 2 aliphatic rings. The van der Waals surface area contributed by atoms with Crippen LogP contribution in [-0.2, 0) is 14.8 Å². The molecule has 5 rings (SSSR count). The number of nitrogens with one attached hydrogen (secondary N) is 2. The van der Waals surface area contributed by atoms with E-state index in [1.807, 2.05) is 49.4 Å². The van der Waals surface area contributed by atoms with Gasteiger partial charge in [0, 0.05) is 23.7 Å². The van der Waals surface area contributed by atoms with Crippen molar-refractivity contribution >= 4 is 38.6 Å². The van der Waals surface area contributed by atoms with Crippen LogP contribution in [0.1, 0.15) is 15.9 Å². The fraction of sp³-hybridized carbons (Fsp3) is 0.120. The van der Waals surface area contributed by atoms with Crippen LogP contribution in [-0.4, -0.2) is 48.2 Å². The minimum Gasteiger partial charge on any atom is -0.330 e. The molecular weight excluding hydrogens is 466 g/mol. The largest absolute Gasteiger partial charge is 0.330 e. The molecule has 0 saturated heterocycles. The van der Waals surface area contributed by atoms with Crippen molar-refractivity contribution in [1.29, 1.82) is 0 Å². The molecule has 3 heterocycles. The van der Waals surface area contributed by atoms with Crippen LogP contribution < -0.4 is 10.9 Å². The zero-order chi connectivity index (χ0) is 24.6. The number of hydrazine groups is 1. The molecule has 2 aromatic carbocycles. The quantitative estimate of drug-likeness (QED) is 0.548. The number of carbonyl (C=O) groups excluding carboxylic acids is 2. The van der Waals surface area contributed by atoms with Crippen LogP contribution in [0.3, 0.4) is 0 Å². The topological polar surface area (TPSA) is 121 Å². The van der Waals surface area contributed by atoms with Crippen LogP contribution in [0.15, 0.2) is 82.9 Å². The first kappa shape index (κ1) is 22.5. The molecule has 0 radical (unpaired) electrons. The van der Waals surface area contributed by atoms with Crippen molar-refractivity contribution in [2.75, 3.05) is 12.3 Å². The summed E-state index contributed by atoms with van der Waals surface area (Å²) in [6.07, 6.45) is 4.42. The lowest BCUT2D eigenvalue weighted by molar-refractivity contribution is -0.118. The Labute approximate surface area is 201 Å². The Morgan fingerprint density at radius 3 is 2.51 bits per heavy atom. The highest BCUT2D eigenvalue weighted by Gasteiger charge is 2.25. The standard InChI is InChI=1S/C25H21N5O4S/c1-16-6-8-17(9-7-16)22-14-20(19-4-2-3-5-21(19)26-22)25(32)28-27-24(31)18-10-11-23-29-35(33,34)13-12-30(23)15-18/h2-11,14-15H,12-13H2,1H3,(H,27,31)(H,28,32). The summed E-state index contributed by atoms with van der Waals surface area (Å²) < 4.78 is 27.0. The molecule has 0 saturated carbocycles. The van der Waals surface area contributed by atoms with Gasteiger partial charge in [0.05, 0.1) is 28.1 Å². The molecular formula is C25H21N5O4S. The van der Waals surface area contributed by atoms with E-state index in [0.717, 1.165) is 11.1 Å². The number of aromatic nitrogens is 1. The maximum Gasteiger partial charge on any atom is 0.271 e. The van der Waals surface area contributed by atoms with E-state index in [4.69, 9.17) is 4.98 Å². The van der Waals surface area contributed by atoms with Crippen molar-refractivity contribution in [1.82, 2.24) is 20.7 Å².